The summed E-state index contributed by atoms with van der Waals surface area (Å²) in [5.74, 6) is 2.50. The quantitative estimate of drug-likeness (QED) is 0.469. The minimum Gasteiger partial charge on any atom is -0.378 e. The fourth-order valence-corrected chi connectivity index (χ4v) is 3.92. The van der Waals surface area contributed by atoms with Gasteiger partial charge >= 0.3 is 0 Å². The van der Waals surface area contributed by atoms with Crippen molar-refractivity contribution in [2.45, 2.75) is 52.1 Å². The van der Waals surface area contributed by atoms with Gasteiger partial charge in [-0.2, -0.15) is 0 Å². The van der Waals surface area contributed by atoms with E-state index in [1.54, 1.807) is 13.8 Å². The first-order chi connectivity index (χ1) is 16.9. The van der Waals surface area contributed by atoms with Crippen molar-refractivity contribution in [1.29, 1.82) is 0 Å². The largest absolute Gasteiger partial charge is 0.378 e. The lowest BCUT2D eigenvalue weighted by atomic mass is 10.0. The van der Waals surface area contributed by atoms with Gasteiger partial charge in [-0.3, -0.25) is 14.8 Å². The summed E-state index contributed by atoms with van der Waals surface area (Å²) in [5.41, 5.74) is 4.76. The smallest absolute Gasteiger partial charge is 0.272 e. The maximum absolute atomic E-state index is 13.8. The highest BCUT2D eigenvalue weighted by molar-refractivity contribution is 5.92. The van der Waals surface area contributed by atoms with E-state index >= 15 is 0 Å². The number of aromatic nitrogens is 2. The highest BCUT2D eigenvalue weighted by atomic mass is 19.3. The van der Waals surface area contributed by atoms with E-state index in [-0.39, 0.29) is 29.3 Å². The summed E-state index contributed by atoms with van der Waals surface area (Å²) in [7, 11) is 0. The van der Waals surface area contributed by atoms with Gasteiger partial charge in [-0.1, -0.05) is 36.1 Å². The molecular weight excluding hydrogens is 460 g/mol. The zero-order valence-corrected chi connectivity index (χ0v) is 20.6. The van der Waals surface area contributed by atoms with E-state index in [9.17, 15) is 18.7 Å². The van der Waals surface area contributed by atoms with E-state index in [2.05, 4.69) is 27.1 Å². The van der Waals surface area contributed by atoms with Gasteiger partial charge in [0.15, 0.2) is 0 Å². The number of hydrogen-bond acceptors (Lipinski definition) is 4. The molecule has 0 atom stereocenters. The number of aryl methyl sites for hydroxylation is 1. The monoisotopic (exact) mass is 487 g/mol. The van der Waals surface area contributed by atoms with Gasteiger partial charge in [0.2, 0.25) is 5.91 Å². The van der Waals surface area contributed by atoms with Crippen LogP contribution in [0.25, 0.3) is 17.2 Å². The summed E-state index contributed by atoms with van der Waals surface area (Å²) in [5, 5.41) is 12.5. The Labute approximate surface area is 209 Å². The standard InChI is InChI=1S/C29H27F2N3O2/c1-18-25(29(4,30)31)15-24(17-32-18)34-27(35)13-19-5-7-21(8-6-19)23-14-22-11-20(9-10-28(2,3)36)12-26(22)33-16-23/h5-8,11,14-17,36H,12-13H2,1-4H3,(H,34,35). The lowest BCUT2D eigenvalue weighted by Gasteiger charge is -2.15. The number of carbonyl (C=O) groups is 1. The van der Waals surface area contributed by atoms with Crippen molar-refractivity contribution in [3.63, 3.8) is 0 Å². The fraction of sp³-hybridized carbons (Fsp3) is 0.276. The number of allylic oxidation sites excluding steroid dienone is 1. The van der Waals surface area contributed by atoms with Crippen molar-refractivity contribution < 1.29 is 18.7 Å². The Morgan fingerprint density at radius 2 is 1.81 bits per heavy atom. The minimum absolute atomic E-state index is 0.0976. The molecule has 2 N–H and O–H groups in total. The Morgan fingerprint density at radius 3 is 2.47 bits per heavy atom. The molecule has 0 aliphatic heterocycles. The molecular formula is C29H27F2N3O2. The van der Waals surface area contributed by atoms with E-state index in [1.807, 2.05) is 42.6 Å². The molecule has 4 rings (SSSR count). The van der Waals surface area contributed by atoms with Crippen LogP contribution in [0.1, 0.15) is 48.8 Å². The van der Waals surface area contributed by atoms with Crippen molar-refractivity contribution >= 4 is 17.7 Å². The van der Waals surface area contributed by atoms with Gasteiger partial charge in [0.25, 0.3) is 5.92 Å². The fourth-order valence-electron chi connectivity index (χ4n) is 3.92. The van der Waals surface area contributed by atoms with Gasteiger partial charge in [-0.25, -0.2) is 8.78 Å². The second-order valence-electron chi connectivity index (χ2n) is 9.58. The number of carbonyl (C=O) groups excluding carboxylic acids is 1. The third-order valence-electron chi connectivity index (χ3n) is 5.72. The highest BCUT2D eigenvalue weighted by Gasteiger charge is 2.27. The lowest BCUT2D eigenvalue weighted by molar-refractivity contribution is -0.115. The number of nitrogens with one attached hydrogen (secondary N) is 1. The zero-order chi connectivity index (χ0) is 26.1. The average Bonchev–Trinajstić information content (AvgIpc) is 3.21. The first kappa shape index (κ1) is 25.2. The number of halogens is 2. The second kappa shape index (κ2) is 9.63. The molecule has 0 saturated heterocycles. The molecule has 1 aliphatic carbocycles. The van der Waals surface area contributed by atoms with Gasteiger partial charge in [-0.05, 0) is 55.7 Å². The number of anilines is 1. The third kappa shape index (κ3) is 6.21. The molecule has 5 nitrogen and oxygen atoms in total. The second-order valence-corrected chi connectivity index (χ2v) is 9.58. The van der Waals surface area contributed by atoms with E-state index in [1.165, 1.54) is 19.2 Å². The SMILES string of the molecule is Cc1ncc(NC(=O)Cc2ccc(-c3cnc4c(c3)C=C(C#CC(C)(C)O)C4)cc2)cc1C(C)(F)F. The van der Waals surface area contributed by atoms with Gasteiger partial charge in [-0.15, -0.1) is 0 Å². The molecule has 0 spiro atoms. The molecule has 36 heavy (non-hydrogen) atoms. The molecule has 1 amide bonds. The minimum atomic E-state index is -3.04. The summed E-state index contributed by atoms with van der Waals surface area (Å²) in [6, 6.07) is 10.9. The van der Waals surface area contributed by atoms with Crippen molar-refractivity contribution in [3.8, 4) is 23.0 Å². The molecule has 0 radical (unpaired) electrons. The first-order valence-corrected chi connectivity index (χ1v) is 11.6. The van der Waals surface area contributed by atoms with Crippen LogP contribution in [0.4, 0.5) is 14.5 Å². The summed E-state index contributed by atoms with van der Waals surface area (Å²) in [6.45, 7) is 5.62. The van der Waals surface area contributed by atoms with Crippen LogP contribution in [0.15, 0.2) is 54.4 Å². The number of benzene rings is 1. The van der Waals surface area contributed by atoms with Crippen LogP contribution in [-0.2, 0) is 23.6 Å². The lowest BCUT2D eigenvalue weighted by Crippen LogP contribution is -2.16. The van der Waals surface area contributed by atoms with E-state index < -0.39 is 11.5 Å². The van der Waals surface area contributed by atoms with Crippen LogP contribution in [0, 0.1) is 18.8 Å². The van der Waals surface area contributed by atoms with E-state index in [4.69, 9.17) is 0 Å². The molecule has 0 unspecified atom stereocenters. The number of pyridine rings is 2. The van der Waals surface area contributed by atoms with Crippen LogP contribution in [0.3, 0.4) is 0 Å². The van der Waals surface area contributed by atoms with Gasteiger partial charge in [0, 0.05) is 41.9 Å². The third-order valence-corrected chi connectivity index (χ3v) is 5.72. The summed E-state index contributed by atoms with van der Waals surface area (Å²) in [6.07, 6.45) is 5.92. The average molecular weight is 488 g/mol. The molecule has 0 bridgehead atoms. The Bertz CT molecular complexity index is 1400. The molecule has 3 aromatic rings. The maximum Gasteiger partial charge on any atom is 0.272 e. The number of rotatable bonds is 5. The molecule has 2 aromatic heterocycles. The van der Waals surface area contributed by atoms with Crippen molar-refractivity contribution in [3.05, 3.63) is 82.4 Å². The van der Waals surface area contributed by atoms with Crippen LogP contribution in [0.2, 0.25) is 0 Å². The summed E-state index contributed by atoms with van der Waals surface area (Å²) < 4.78 is 27.5. The Hall–Kier alpha value is -3.89. The number of alkyl halides is 2. The maximum atomic E-state index is 13.8. The topological polar surface area (TPSA) is 75.1 Å². The van der Waals surface area contributed by atoms with Crippen LogP contribution in [-0.4, -0.2) is 26.6 Å². The van der Waals surface area contributed by atoms with Crippen molar-refractivity contribution in [1.82, 2.24) is 9.97 Å². The van der Waals surface area contributed by atoms with Crippen LogP contribution in [0.5, 0.6) is 0 Å². The normalized spacial score (nSPS) is 12.9. The number of hydrogen-bond donors (Lipinski definition) is 2. The molecule has 0 fully saturated rings. The number of nitrogens with zero attached hydrogens (tertiary/aromatic N) is 2. The summed E-state index contributed by atoms with van der Waals surface area (Å²) in [4.78, 5) is 21.0. The Balaban J connectivity index is 1.43. The molecule has 2 heterocycles. The predicted octanol–water partition coefficient (Wildman–Crippen LogP) is 5.46. The molecule has 1 aliphatic rings. The van der Waals surface area contributed by atoms with Crippen molar-refractivity contribution in [2.75, 3.05) is 5.32 Å². The molecule has 0 saturated carbocycles. The molecule has 1 aromatic carbocycles. The van der Waals surface area contributed by atoms with Crippen LogP contribution < -0.4 is 5.32 Å². The van der Waals surface area contributed by atoms with E-state index in [0.717, 1.165) is 40.4 Å². The number of aliphatic hydroxyl groups is 1. The number of fused-ring (bicyclic) bond motifs is 1. The summed E-state index contributed by atoms with van der Waals surface area (Å²) >= 11 is 0. The molecule has 7 heteroatoms. The van der Waals surface area contributed by atoms with Gasteiger partial charge in [0.1, 0.15) is 5.60 Å². The molecule has 184 valence electrons. The first-order valence-electron chi connectivity index (χ1n) is 11.6. The predicted molar refractivity (Wildman–Crippen MR) is 136 cm³/mol. The van der Waals surface area contributed by atoms with Gasteiger partial charge < -0.3 is 10.4 Å². The zero-order valence-electron chi connectivity index (χ0n) is 20.6. The van der Waals surface area contributed by atoms with E-state index in [0.29, 0.717) is 6.42 Å². The highest BCUT2D eigenvalue weighted by Crippen LogP contribution is 2.31. The number of amides is 1. The van der Waals surface area contributed by atoms with Crippen LogP contribution >= 0.6 is 0 Å². The van der Waals surface area contributed by atoms with Gasteiger partial charge in [0.05, 0.1) is 24.0 Å². The Morgan fingerprint density at radius 1 is 1.08 bits per heavy atom. The Kier molecular flexibility index (Phi) is 6.75. The van der Waals surface area contributed by atoms with Crippen molar-refractivity contribution in [2.24, 2.45) is 0 Å².